The number of carboxylic acids is 1. The smallest absolute Gasteiger partial charge is 0.326 e. The highest BCUT2D eigenvalue weighted by atomic mass is 16.4. The van der Waals surface area contributed by atoms with Gasteiger partial charge in [-0.15, -0.1) is 0 Å². The van der Waals surface area contributed by atoms with Crippen LogP contribution in [-0.2, 0) is 16.0 Å². The molecular formula is C29H37NO4. The van der Waals surface area contributed by atoms with E-state index < -0.39 is 17.9 Å². The van der Waals surface area contributed by atoms with E-state index in [9.17, 15) is 19.8 Å². The van der Waals surface area contributed by atoms with Gasteiger partial charge in [-0.05, 0) is 74.3 Å². The Kier molecular flexibility index (Phi) is 9.67. The number of allylic oxidation sites excluding steroid dienone is 9. The molecule has 0 bridgehead atoms. The average molecular weight is 464 g/mol. The third-order valence-corrected chi connectivity index (χ3v) is 6.12. The van der Waals surface area contributed by atoms with E-state index in [1.165, 1.54) is 42.2 Å². The van der Waals surface area contributed by atoms with E-state index in [-0.39, 0.29) is 17.6 Å². The molecule has 34 heavy (non-hydrogen) atoms. The summed E-state index contributed by atoms with van der Waals surface area (Å²) in [6.45, 7) is 10.7. The summed E-state index contributed by atoms with van der Waals surface area (Å²) >= 11 is 0. The molecule has 0 saturated carbocycles. The minimum atomic E-state index is -1.11. The minimum Gasteiger partial charge on any atom is -0.508 e. The molecule has 1 atom stereocenters. The van der Waals surface area contributed by atoms with E-state index in [2.05, 4.69) is 38.2 Å². The van der Waals surface area contributed by atoms with Crippen LogP contribution in [0.2, 0.25) is 0 Å². The molecular weight excluding hydrogens is 426 g/mol. The lowest BCUT2D eigenvalue weighted by Gasteiger charge is -2.32. The normalized spacial score (nSPS) is 17.9. The summed E-state index contributed by atoms with van der Waals surface area (Å²) in [6, 6.07) is 5.20. The molecule has 0 radical (unpaired) electrons. The van der Waals surface area contributed by atoms with E-state index in [0.717, 1.165) is 12.0 Å². The summed E-state index contributed by atoms with van der Waals surface area (Å²) in [5, 5.41) is 21.3. The molecule has 0 spiro atoms. The summed E-state index contributed by atoms with van der Waals surface area (Å²) in [5.74, 6) is -1.47. The van der Waals surface area contributed by atoms with Crippen molar-refractivity contribution in [3.8, 4) is 5.75 Å². The number of phenols is 1. The summed E-state index contributed by atoms with van der Waals surface area (Å²) in [7, 11) is 0. The number of rotatable bonds is 9. The van der Waals surface area contributed by atoms with Crippen molar-refractivity contribution in [3.05, 3.63) is 88.6 Å². The fraction of sp³-hybridized carbons (Fsp3) is 0.379. The number of phenolic OH excluding ortho intramolecular Hbond substituents is 1. The van der Waals surface area contributed by atoms with Gasteiger partial charge in [-0.25, -0.2) is 4.79 Å². The first-order chi connectivity index (χ1) is 16.0. The van der Waals surface area contributed by atoms with Gasteiger partial charge in [0.25, 0.3) is 0 Å². The third kappa shape index (κ3) is 8.54. The second-order valence-electron chi connectivity index (χ2n) is 9.69. The van der Waals surface area contributed by atoms with E-state index >= 15 is 0 Å². The van der Waals surface area contributed by atoms with E-state index in [1.54, 1.807) is 19.1 Å². The molecule has 0 saturated heterocycles. The quantitative estimate of drug-likeness (QED) is 0.308. The van der Waals surface area contributed by atoms with Gasteiger partial charge in [-0.2, -0.15) is 0 Å². The van der Waals surface area contributed by atoms with Crippen LogP contribution in [0.4, 0.5) is 0 Å². The number of hydrogen-bond donors (Lipinski definition) is 3. The van der Waals surface area contributed by atoms with Gasteiger partial charge in [0, 0.05) is 12.5 Å². The van der Waals surface area contributed by atoms with Gasteiger partial charge in [-0.1, -0.05) is 67.5 Å². The van der Waals surface area contributed by atoms with Gasteiger partial charge in [-0.3, -0.25) is 4.79 Å². The van der Waals surface area contributed by atoms with Crippen molar-refractivity contribution in [1.29, 1.82) is 0 Å². The van der Waals surface area contributed by atoms with Gasteiger partial charge in [0.1, 0.15) is 11.8 Å². The van der Waals surface area contributed by atoms with Crippen molar-refractivity contribution in [2.75, 3.05) is 0 Å². The van der Waals surface area contributed by atoms with Gasteiger partial charge in [0.15, 0.2) is 0 Å². The van der Waals surface area contributed by atoms with Crippen LogP contribution in [-0.4, -0.2) is 28.1 Å². The van der Waals surface area contributed by atoms with Crippen LogP contribution in [0.15, 0.2) is 83.0 Å². The number of nitrogens with one attached hydrogen (secondary N) is 1. The van der Waals surface area contributed by atoms with Crippen molar-refractivity contribution in [2.24, 2.45) is 5.41 Å². The molecule has 1 aliphatic carbocycles. The van der Waals surface area contributed by atoms with Crippen molar-refractivity contribution in [3.63, 3.8) is 0 Å². The molecule has 3 N–H and O–H groups in total. The largest absolute Gasteiger partial charge is 0.508 e. The Hall–Kier alpha value is -3.34. The second kappa shape index (κ2) is 12.2. The van der Waals surface area contributed by atoms with Crippen molar-refractivity contribution < 1.29 is 19.8 Å². The van der Waals surface area contributed by atoms with Gasteiger partial charge in [0.2, 0.25) is 5.91 Å². The SMILES string of the molecule is CC1=C(/C=C/C(C)=C/C=C/C(C)=C/C(=O)NC(Cc2ccc(O)cc2)C(=O)O)C(C)(C)CCC1. The van der Waals surface area contributed by atoms with Gasteiger partial charge < -0.3 is 15.5 Å². The predicted molar refractivity (Wildman–Crippen MR) is 138 cm³/mol. The maximum Gasteiger partial charge on any atom is 0.326 e. The highest BCUT2D eigenvalue weighted by Crippen LogP contribution is 2.40. The topological polar surface area (TPSA) is 86.6 Å². The maximum atomic E-state index is 12.3. The summed E-state index contributed by atoms with van der Waals surface area (Å²) in [5.41, 5.74) is 5.62. The molecule has 1 aromatic rings. The van der Waals surface area contributed by atoms with Crippen LogP contribution in [0.25, 0.3) is 0 Å². The summed E-state index contributed by atoms with van der Waals surface area (Å²) in [4.78, 5) is 23.9. The molecule has 1 aromatic carbocycles. The molecule has 1 unspecified atom stereocenters. The number of aliphatic carboxylic acids is 1. The van der Waals surface area contributed by atoms with Crippen LogP contribution < -0.4 is 5.32 Å². The maximum absolute atomic E-state index is 12.3. The highest BCUT2D eigenvalue weighted by molar-refractivity contribution is 5.92. The molecule has 0 fully saturated rings. The van der Waals surface area contributed by atoms with Gasteiger partial charge >= 0.3 is 5.97 Å². The van der Waals surface area contributed by atoms with E-state index in [0.29, 0.717) is 11.1 Å². The Balaban J connectivity index is 1.97. The molecule has 1 amide bonds. The summed E-state index contributed by atoms with van der Waals surface area (Å²) in [6.07, 6.45) is 15.2. The predicted octanol–water partition coefficient (Wildman–Crippen LogP) is 6.04. The molecule has 0 aliphatic heterocycles. The van der Waals surface area contributed by atoms with Crippen LogP contribution in [0.3, 0.4) is 0 Å². The lowest BCUT2D eigenvalue weighted by molar-refractivity contribution is -0.141. The first-order valence-electron chi connectivity index (χ1n) is 11.7. The Morgan fingerprint density at radius 1 is 1.12 bits per heavy atom. The second-order valence-corrected chi connectivity index (χ2v) is 9.69. The molecule has 5 nitrogen and oxygen atoms in total. The highest BCUT2D eigenvalue weighted by Gasteiger charge is 2.26. The number of benzene rings is 1. The monoisotopic (exact) mass is 463 g/mol. The zero-order chi connectivity index (χ0) is 25.3. The molecule has 1 aliphatic rings. The Morgan fingerprint density at radius 3 is 2.41 bits per heavy atom. The van der Waals surface area contributed by atoms with Crippen LogP contribution >= 0.6 is 0 Å². The molecule has 2 rings (SSSR count). The fourth-order valence-corrected chi connectivity index (χ4v) is 4.17. The van der Waals surface area contributed by atoms with Crippen LogP contribution in [0.1, 0.15) is 59.4 Å². The first-order valence-corrected chi connectivity index (χ1v) is 11.7. The zero-order valence-electron chi connectivity index (χ0n) is 20.9. The zero-order valence-corrected chi connectivity index (χ0v) is 20.9. The number of carbonyl (C=O) groups excluding carboxylic acids is 1. The molecule has 182 valence electrons. The Morgan fingerprint density at radius 2 is 1.79 bits per heavy atom. The van der Waals surface area contributed by atoms with Crippen molar-refractivity contribution in [2.45, 2.75) is 66.3 Å². The first kappa shape index (κ1) is 26.9. The van der Waals surface area contributed by atoms with Crippen molar-refractivity contribution in [1.82, 2.24) is 5.32 Å². The fourth-order valence-electron chi connectivity index (χ4n) is 4.17. The van der Waals surface area contributed by atoms with Crippen LogP contribution in [0.5, 0.6) is 5.75 Å². The number of amides is 1. The lowest BCUT2D eigenvalue weighted by Crippen LogP contribution is -2.41. The lowest BCUT2D eigenvalue weighted by atomic mass is 9.72. The number of carboxylic acid groups (broad SMARTS) is 1. The number of aromatic hydroxyl groups is 1. The third-order valence-electron chi connectivity index (χ3n) is 6.12. The summed E-state index contributed by atoms with van der Waals surface area (Å²) < 4.78 is 0. The average Bonchev–Trinajstić information content (AvgIpc) is 2.73. The Labute approximate surface area is 203 Å². The van der Waals surface area contributed by atoms with E-state index in [4.69, 9.17) is 0 Å². The van der Waals surface area contributed by atoms with Crippen molar-refractivity contribution >= 4 is 11.9 Å². The standard InChI is InChI=1S/C29H37NO4/c1-20(11-16-25-22(3)10-7-17-29(25,4)5)8-6-9-21(2)18-27(32)30-26(28(33)34)19-23-12-14-24(31)15-13-23/h6,8-9,11-16,18,26,31H,7,10,17,19H2,1-5H3,(H,30,32)(H,33,34)/b9-6+,16-11+,20-8+,21-18+. The number of hydrogen-bond acceptors (Lipinski definition) is 3. The van der Waals surface area contributed by atoms with Crippen LogP contribution in [0, 0.1) is 5.41 Å². The Bertz CT molecular complexity index is 1040. The van der Waals surface area contributed by atoms with E-state index in [1.807, 2.05) is 25.2 Å². The number of carbonyl (C=O) groups is 2. The molecule has 0 heterocycles. The minimum absolute atomic E-state index is 0.106. The molecule has 5 heteroatoms. The van der Waals surface area contributed by atoms with Gasteiger partial charge in [0.05, 0.1) is 0 Å². The molecule has 0 aromatic heterocycles.